The predicted molar refractivity (Wildman–Crippen MR) is 83.2 cm³/mol. The highest BCUT2D eigenvalue weighted by atomic mass is 32.3. The van der Waals surface area contributed by atoms with Gasteiger partial charge in [0.2, 0.25) is 10.0 Å². The van der Waals surface area contributed by atoms with E-state index in [1.165, 1.54) is 32.0 Å². The fourth-order valence-electron chi connectivity index (χ4n) is 2.38. The molecule has 0 bridgehead atoms. The van der Waals surface area contributed by atoms with E-state index in [0.29, 0.717) is 8.02 Å². The van der Waals surface area contributed by atoms with E-state index in [9.17, 15) is 21.6 Å². The molecule has 2 rings (SSSR count). The van der Waals surface area contributed by atoms with Crippen LogP contribution in [0.3, 0.4) is 0 Å². The zero-order valence-corrected chi connectivity index (χ0v) is 14.2. The van der Waals surface area contributed by atoms with Gasteiger partial charge in [0, 0.05) is 6.04 Å². The molecule has 7 nitrogen and oxygen atoms in total. The number of carbonyl (C=O) groups is 1. The van der Waals surface area contributed by atoms with E-state index in [1.54, 1.807) is 13.0 Å². The Hall–Kier alpha value is -1.61. The maximum Gasteiger partial charge on any atom is 0.342 e. The van der Waals surface area contributed by atoms with E-state index in [-0.39, 0.29) is 23.4 Å². The van der Waals surface area contributed by atoms with Crippen molar-refractivity contribution >= 4 is 31.8 Å². The Kier molecular flexibility index (Phi) is 4.22. The zero-order chi connectivity index (χ0) is 16.7. The lowest BCUT2D eigenvalue weighted by Crippen LogP contribution is -2.56. The molecule has 0 spiro atoms. The fraction of sp³-hybridized carbons (Fsp3) is 0.462. The monoisotopic (exact) mass is 346 g/mol. The van der Waals surface area contributed by atoms with Gasteiger partial charge in [-0.1, -0.05) is 19.1 Å². The first-order chi connectivity index (χ1) is 10.1. The average Bonchev–Trinajstić information content (AvgIpc) is 2.36. The molecule has 0 aromatic heterocycles. The van der Waals surface area contributed by atoms with Gasteiger partial charge in [-0.3, -0.25) is 4.79 Å². The summed E-state index contributed by atoms with van der Waals surface area (Å²) in [6, 6.07) is 5.13. The first-order valence-corrected chi connectivity index (χ1v) is 9.86. The number of amides is 1. The number of anilines is 1. The number of hydrogen-bond donors (Lipinski definition) is 0. The second-order valence-corrected chi connectivity index (χ2v) is 9.06. The Labute approximate surface area is 130 Å². The molecule has 0 fully saturated rings. The maximum absolute atomic E-state index is 12.7. The average molecular weight is 346 g/mol. The van der Waals surface area contributed by atoms with Crippen molar-refractivity contribution < 1.29 is 21.6 Å². The van der Waals surface area contributed by atoms with Crippen molar-refractivity contribution in [2.45, 2.75) is 33.2 Å². The van der Waals surface area contributed by atoms with Crippen molar-refractivity contribution in [2.75, 3.05) is 9.46 Å². The molecule has 1 amide bonds. The minimum atomic E-state index is -4.48. The summed E-state index contributed by atoms with van der Waals surface area (Å²) in [7, 11) is -8.57. The van der Waals surface area contributed by atoms with E-state index in [4.69, 9.17) is 0 Å². The summed E-state index contributed by atoms with van der Waals surface area (Å²) in [6.45, 7) is 4.69. The van der Waals surface area contributed by atoms with Crippen LogP contribution in [-0.2, 0) is 20.2 Å². The molecule has 0 unspecified atom stereocenters. The van der Waals surface area contributed by atoms with Crippen LogP contribution >= 0.6 is 0 Å². The first kappa shape index (κ1) is 16.8. The summed E-state index contributed by atoms with van der Waals surface area (Å²) in [6.07, 6.45) is 0.270. The van der Waals surface area contributed by atoms with Gasteiger partial charge in [-0.05, 0) is 32.4 Å². The molecule has 0 N–H and O–H groups in total. The van der Waals surface area contributed by atoms with Crippen LogP contribution in [0, 0.1) is 0 Å². The van der Waals surface area contributed by atoms with Gasteiger partial charge in [0.15, 0.2) is 0 Å². The fourth-order valence-corrected chi connectivity index (χ4v) is 6.51. The van der Waals surface area contributed by atoms with E-state index < -0.39 is 32.2 Å². The minimum absolute atomic E-state index is 0.0608. The lowest BCUT2D eigenvalue weighted by atomic mass is 10.1. The molecule has 1 aromatic rings. The minimum Gasteiger partial charge on any atom is -0.268 e. The van der Waals surface area contributed by atoms with E-state index >= 15 is 0 Å². The molecule has 0 aliphatic carbocycles. The Bertz CT molecular complexity index is 799. The Balaban J connectivity index is 2.81. The van der Waals surface area contributed by atoms with Gasteiger partial charge in [-0.25, -0.2) is 12.7 Å². The first-order valence-electron chi connectivity index (χ1n) is 6.85. The molecule has 1 aromatic carbocycles. The Morgan fingerprint density at radius 1 is 1.18 bits per heavy atom. The number of hydrogen-bond acceptors (Lipinski definition) is 5. The predicted octanol–water partition coefficient (Wildman–Crippen LogP) is 1.34. The summed E-state index contributed by atoms with van der Waals surface area (Å²) < 4.78 is 51.3. The molecule has 0 atom stereocenters. The van der Waals surface area contributed by atoms with Crippen LogP contribution < -0.4 is 3.71 Å². The van der Waals surface area contributed by atoms with Gasteiger partial charge in [0.25, 0.3) is 5.91 Å². The summed E-state index contributed by atoms with van der Waals surface area (Å²) in [5.74, 6) is -1.03. The molecule has 0 saturated carbocycles. The molecule has 1 heterocycles. The van der Waals surface area contributed by atoms with Crippen LogP contribution in [0.5, 0.6) is 0 Å². The van der Waals surface area contributed by atoms with Crippen LogP contribution in [-0.4, -0.2) is 38.8 Å². The molecule has 22 heavy (non-hydrogen) atoms. The Morgan fingerprint density at radius 3 is 2.32 bits per heavy atom. The van der Waals surface area contributed by atoms with Gasteiger partial charge < -0.3 is 0 Å². The molecule has 0 radical (unpaired) electrons. The summed E-state index contributed by atoms with van der Waals surface area (Å²) in [5.41, 5.74) is -0.0523. The molecule has 1 aliphatic rings. The molecular weight excluding hydrogens is 328 g/mol. The SMILES string of the molecule is CCCS(=O)(=O)N1c2ccccc2C(=O)N(C(C)C)S1(=O)=O. The zero-order valence-electron chi connectivity index (χ0n) is 12.6. The molecular formula is C13H18N2O5S2. The van der Waals surface area contributed by atoms with Crippen LogP contribution in [0.15, 0.2) is 24.3 Å². The highest BCUT2D eigenvalue weighted by molar-refractivity contribution is 8.09. The highest BCUT2D eigenvalue weighted by Gasteiger charge is 2.47. The number of para-hydroxylation sites is 1. The molecule has 1 aliphatic heterocycles. The lowest BCUT2D eigenvalue weighted by Gasteiger charge is -2.37. The lowest BCUT2D eigenvalue weighted by molar-refractivity contribution is 0.0833. The van der Waals surface area contributed by atoms with Gasteiger partial charge >= 0.3 is 10.2 Å². The number of nitrogens with zero attached hydrogens (tertiary/aromatic N) is 2. The number of fused-ring (bicyclic) bond motifs is 1. The third kappa shape index (κ3) is 2.48. The number of carbonyl (C=O) groups excluding carboxylic acids is 1. The van der Waals surface area contributed by atoms with Gasteiger partial charge in [-0.2, -0.15) is 8.42 Å². The van der Waals surface area contributed by atoms with Crippen molar-refractivity contribution in [3.63, 3.8) is 0 Å². The smallest absolute Gasteiger partial charge is 0.268 e. The second-order valence-electron chi connectivity index (χ2n) is 5.23. The quantitative estimate of drug-likeness (QED) is 0.820. The van der Waals surface area contributed by atoms with Crippen molar-refractivity contribution in [3.05, 3.63) is 29.8 Å². The van der Waals surface area contributed by atoms with Crippen molar-refractivity contribution in [3.8, 4) is 0 Å². The van der Waals surface area contributed by atoms with Crippen LogP contribution in [0.1, 0.15) is 37.6 Å². The van der Waals surface area contributed by atoms with Crippen molar-refractivity contribution in [1.82, 2.24) is 4.31 Å². The number of sulfonamides is 1. The third-order valence-corrected chi connectivity index (χ3v) is 7.75. The molecule has 122 valence electrons. The maximum atomic E-state index is 12.7. The third-order valence-electron chi connectivity index (χ3n) is 3.17. The summed E-state index contributed by atoms with van der Waals surface area (Å²) in [4.78, 5) is 12.4. The molecule has 0 saturated heterocycles. The summed E-state index contributed by atoms with van der Waals surface area (Å²) >= 11 is 0. The highest BCUT2D eigenvalue weighted by Crippen LogP contribution is 2.35. The largest absolute Gasteiger partial charge is 0.342 e. The van der Waals surface area contributed by atoms with Crippen LogP contribution in [0.25, 0.3) is 0 Å². The van der Waals surface area contributed by atoms with Crippen molar-refractivity contribution in [1.29, 1.82) is 0 Å². The number of rotatable bonds is 4. The van der Waals surface area contributed by atoms with Gasteiger partial charge in [0.1, 0.15) is 0 Å². The van der Waals surface area contributed by atoms with E-state index in [1.807, 2.05) is 0 Å². The van der Waals surface area contributed by atoms with Gasteiger partial charge in [-0.15, -0.1) is 3.71 Å². The molecule has 9 heteroatoms. The van der Waals surface area contributed by atoms with Crippen molar-refractivity contribution in [2.24, 2.45) is 0 Å². The van der Waals surface area contributed by atoms with E-state index in [2.05, 4.69) is 0 Å². The van der Waals surface area contributed by atoms with Crippen LogP contribution in [0.4, 0.5) is 5.69 Å². The normalized spacial score (nSPS) is 17.7. The number of benzene rings is 1. The second kappa shape index (κ2) is 5.54. The standard InChI is InChI=1S/C13H18N2O5S2/c1-4-9-21(17,18)15-12-8-6-5-7-11(12)13(16)14(10(2)3)22(15,19)20/h5-8,10H,4,9H2,1-3H3. The van der Waals surface area contributed by atoms with Crippen LogP contribution in [0.2, 0.25) is 0 Å². The van der Waals surface area contributed by atoms with E-state index in [0.717, 1.165) is 0 Å². The summed E-state index contributed by atoms with van der Waals surface area (Å²) in [5, 5.41) is 0. The Morgan fingerprint density at radius 2 is 1.77 bits per heavy atom. The topological polar surface area (TPSA) is 91.8 Å². The van der Waals surface area contributed by atoms with Gasteiger partial charge in [0.05, 0.1) is 17.0 Å².